The third kappa shape index (κ3) is 2.45. The van der Waals surface area contributed by atoms with Crippen LogP contribution >= 0.6 is 0 Å². The number of nitrogens with zero attached hydrogens (tertiary/aromatic N) is 2. The molecular formula is C14H21N3O4S. The number of likely N-dealkylation sites (tertiary alicyclic amines) is 1. The van der Waals surface area contributed by atoms with Gasteiger partial charge in [0.15, 0.2) is 0 Å². The second-order valence-corrected chi connectivity index (χ2v) is 8.29. The molecule has 1 aromatic heterocycles. The standard InChI is InChI=1S/C14H21N3O4S/c1-9-12(4-13(21-9)22(19,20)16(2)3)14(18)17-7-10-5-15-6-11(10)8-17/h4,10-11,15H,5-8H2,1-3H3/t10-,11+. The smallest absolute Gasteiger partial charge is 0.275 e. The van der Waals surface area contributed by atoms with Crippen molar-refractivity contribution in [2.75, 3.05) is 40.3 Å². The Morgan fingerprint density at radius 3 is 2.45 bits per heavy atom. The van der Waals surface area contributed by atoms with Crippen LogP contribution in [0.15, 0.2) is 15.6 Å². The molecule has 3 rings (SSSR count). The molecule has 0 unspecified atom stereocenters. The predicted octanol–water partition coefficient (Wildman–Crippen LogP) is 0.130. The second kappa shape index (κ2) is 5.36. The summed E-state index contributed by atoms with van der Waals surface area (Å²) in [5.41, 5.74) is 0.341. The molecule has 122 valence electrons. The van der Waals surface area contributed by atoms with Crippen molar-refractivity contribution in [1.29, 1.82) is 0 Å². The van der Waals surface area contributed by atoms with E-state index in [2.05, 4.69) is 5.32 Å². The number of fused-ring (bicyclic) bond motifs is 1. The van der Waals surface area contributed by atoms with Crippen LogP contribution in [-0.2, 0) is 10.0 Å². The van der Waals surface area contributed by atoms with Gasteiger partial charge >= 0.3 is 0 Å². The van der Waals surface area contributed by atoms with Gasteiger partial charge in [0.25, 0.3) is 15.9 Å². The molecule has 2 atom stereocenters. The highest BCUT2D eigenvalue weighted by molar-refractivity contribution is 7.88. The lowest BCUT2D eigenvalue weighted by molar-refractivity contribution is 0.0780. The topological polar surface area (TPSA) is 82.9 Å². The molecule has 0 radical (unpaired) electrons. The van der Waals surface area contributed by atoms with E-state index in [1.807, 2.05) is 0 Å². The van der Waals surface area contributed by atoms with Crippen LogP contribution in [0.4, 0.5) is 0 Å². The van der Waals surface area contributed by atoms with Crippen molar-refractivity contribution in [3.63, 3.8) is 0 Å². The van der Waals surface area contributed by atoms with E-state index < -0.39 is 10.0 Å². The summed E-state index contributed by atoms with van der Waals surface area (Å²) in [5, 5.41) is 3.15. The summed E-state index contributed by atoms with van der Waals surface area (Å²) >= 11 is 0. The maximum atomic E-state index is 12.6. The molecule has 2 aliphatic heterocycles. The molecule has 7 nitrogen and oxygen atoms in total. The maximum Gasteiger partial charge on any atom is 0.275 e. The molecule has 1 N–H and O–H groups in total. The van der Waals surface area contributed by atoms with Gasteiger partial charge in [-0.2, -0.15) is 0 Å². The van der Waals surface area contributed by atoms with Crippen LogP contribution in [0.25, 0.3) is 0 Å². The quantitative estimate of drug-likeness (QED) is 0.853. The number of nitrogens with one attached hydrogen (secondary N) is 1. The fraction of sp³-hybridized carbons (Fsp3) is 0.643. The van der Waals surface area contributed by atoms with Crippen LogP contribution < -0.4 is 5.32 Å². The normalized spacial score (nSPS) is 25.0. The summed E-state index contributed by atoms with van der Waals surface area (Å²) < 4.78 is 30.6. The highest BCUT2D eigenvalue weighted by Crippen LogP contribution is 2.29. The van der Waals surface area contributed by atoms with E-state index in [4.69, 9.17) is 4.42 Å². The number of carbonyl (C=O) groups excluding carboxylic acids is 1. The van der Waals surface area contributed by atoms with Gasteiger partial charge in [-0.3, -0.25) is 4.79 Å². The van der Waals surface area contributed by atoms with Gasteiger partial charge in [-0.1, -0.05) is 0 Å². The fourth-order valence-corrected chi connectivity index (χ4v) is 4.02. The molecule has 0 aliphatic carbocycles. The van der Waals surface area contributed by atoms with Gasteiger partial charge in [0.1, 0.15) is 5.76 Å². The van der Waals surface area contributed by atoms with Crippen molar-refractivity contribution in [3.05, 3.63) is 17.4 Å². The molecule has 8 heteroatoms. The average molecular weight is 327 g/mol. The Bertz CT molecular complexity index is 683. The van der Waals surface area contributed by atoms with E-state index in [0.717, 1.165) is 30.5 Å². The van der Waals surface area contributed by atoms with E-state index in [1.54, 1.807) is 11.8 Å². The molecule has 2 fully saturated rings. The van der Waals surface area contributed by atoms with E-state index in [1.165, 1.54) is 20.2 Å². The van der Waals surface area contributed by atoms with Gasteiger partial charge in [0.05, 0.1) is 5.56 Å². The van der Waals surface area contributed by atoms with Gasteiger partial charge < -0.3 is 14.6 Å². The summed E-state index contributed by atoms with van der Waals surface area (Å²) in [6, 6.07) is 1.35. The van der Waals surface area contributed by atoms with Crippen molar-refractivity contribution in [2.24, 2.45) is 11.8 Å². The van der Waals surface area contributed by atoms with E-state index in [9.17, 15) is 13.2 Å². The average Bonchev–Trinajstić information content (AvgIpc) is 3.10. The molecule has 2 saturated heterocycles. The first-order chi connectivity index (χ1) is 10.3. The van der Waals surface area contributed by atoms with E-state index >= 15 is 0 Å². The Kier molecular flexibility index (Phi) is 3.78. The van der Waals surface area contributed by atoms with Crippen LogP contribution in [0, 0.1) is 18.8 Å². The van der Waals surface area contributed by atoms with Gasteiger partial charge in [-0.05, 0) is 18.8 Å². The van der Waals surface area contributed by atoms with Gasteiger partial charge in [0, 0.05) is 46.3 Å². The molecule has 0 aromatic carbocycles. The van der Waals surface area contributed by atoms with Gasteiger partial charge in [0.2, 0.25) is 5.09 Å². The largest absolute Gasteiger partial charge is 0.448 e. The fourth-order valence-electron chi connectivity index (χ4n) is 3.17. The van der Waals surface area contributed by atoms with Crippen molar-refractivity contribution in [3.8, 4) is 0 Å². The number of amides is 1. The van der Waals surface area contributed by atoms with Crippen LogP contribution in [-0.4, -0.2) is 63.8 Å². The lowest BCUT2D eigenvalue weighted by Gasteiger charge is -2.16. The summed E-state index contributed by atoms with van der Waals surface area (Å²) in [6.45, 7) is 4.95. The van der Waals surface area contributed by atoms with Crippen molar-refractivity contribution >= 4 is 15.9 Å². The Labute approximate surface area is 130 Å². The van der Waals surface area contributed by atoms with E-state index in [0.29, 0.717) is 23.2 Å². The SMILES string of the molecule is Cc1oc(S(=O)(=O)N(C)C)cc1C(=O)N1C[C@H]2CNC[C@H]2C1. The molecular weight excluding hydrogens is 306 g/mol. The van der Waals surface area contributed by atoms with Crippen molar-refractivity contribution in [2.45, 2.75) is 12.0 Å². The molecule has 2 aliphatic rings. The van der Waals surface area contributed by atoms with Crippen molar-refractivity contribution in [1.82, 2.24) is 14.5 Å². The van der Waals surface area contributed by atoms with Crippen LogP contribution in [0.1, 0.15) is 16.1 Å². The summed E-state index contributed by atoms with van der Waals surface area (Å²) in [7, 11) is -0.797. The number of carbonyl (C=O) groups is 1. The zero-order valence-corrected chi connectivity index (χ0v) is 13.8. The first-order valence-electron chi connectivity index (χ1n) is 7.33. The molecule has 1 aromatic rings. The highest BCUT2D eigenvalue weighted by Gasteiger charge is 2.39. The van der Waals surface area contributed by atoms with Gasteiger partial charge in [-0.15, -0.1) is 0 Å². The van der Waals surface area contributed by atoms with Crippen LogP contribution in [0.3, 0.4) is 0 Å². The first kappa shape index (κ1) is 15.5. The molecule has 0 spiro atoms. The molecule has 0 saturated carbocycles. The highest BCUT2D eigenvalue weighted by atomic mass is 32.2. The molecule has 22 heavy (non-hydrogen) atoms. The Morgan fingerprint density at radius 2 is 1.91 bits per heavy atom. The zero-order chi connectivity index (χ0) is 16.1. The Hall–Kier alpha value is -1.38. The van der Waals surface area contributed by atoms with Gasteiger partial charge in [-0.25, -0.2) is 12.7 Å². The summed E-state index contributed by atoms with van der Waals surface area (Å²) in [4.78, 5) is 14.5. The minimum atomic E-state index is -3.66. The maximum absolute atomic E-state index is 12.6. The van der Waals surface area contributed by atoms with Crippen molar-refractivity contribution < 1.29 is 17.6 Å². The summed E-state index contributed by atoms with van der Waals surface area (Å²) in [6.07, 6.45) is 0. The molecule has 0 bridgehead atoms. The monoisotopic (exact) mass is 327 g/mol. The van der Waals surface area contributed by atoms with E-state index in [-0.39, 0.29) is 11.0 Å². The lowest BCUT2D eigenvalue weighted by atomic mass is 10.0. The van der Waals surface area contributed by atoms with Crippen LogP contribution in [0.5, 0.6) is 0 Å². The number of hydrogen-bond acceptors (Lipinski definition) is 5. The van der Waals surface area contributed by atoms with Crippen LogP contribution in [0.2, 0.25) is 0 Å². The third-order valence-corrected chi connectivity index (χ3v) is 6.21. The number of sulfonamides is 1. The minimum Gasteiger partial charge on any atom is -0.448 e. The number of rotatable bonds is 3. The summed E-state index contributed by atoms with van der Waals surface area (Å²) in [5.74, 6) is 1.21. The Balaban J connectivity index is 1.84. The minimum absolute atomic E-state index is 0.143. The zero-order valence-electron chi connectivity index (χ0n) is 13.0. The Morgan fingerprint density at radius 1 is 1.32 bits per heavy atom. The first-order valence-corrected chi connectivity index (χ1v) is 8.77. The number of hydrogen-bond donors (Lipinski definition) is 1. The number of furan rings is 1. The molecule has 3 heterocycles. The molecule has 1 amide bonds. The predicted molar refractivity (Wildman–Crippen MR) is 80.1 cm³/mol. The lowest BCUT2D eigenvalue weighted by Crippen LogP contribution is -2.32. The third-order valence-electron chi connectivity index (χ3n) is 4.54. The number of aryl methyl sites for hydroxylation is 1. The second-order valence-electron chi connectivity index (χ2n) is 6.21.